The summed E-state index contributed by atoms with van der Waals surface area (Å²) in [5.74, 6) is -0.270. The van der Waals surface area contributed by atoms with Gasteiger partial charge in [0.15, 0.2) is 0 Å². The molecule has 1 atom stereocenters. The molecule has 0 spiro atoms. The Morgan fingerprint density at radius 1 is 1.32 bits per heavy atom. The second-order valence-electron chi connectivity index (χ2n) is 6.45. The summed E-state index contributed by atoms with van der Waals surface area (Å²) >= 11 is 0. The number of rotatable bonds is 8. The van der Waals surface area contributed by atoms with Gasteiger partial charge in [-0.05, 0) is 40.4 Å². The first kappa shape index (κ1) is 16.4. The van der Waals surface area contributed by atoms with Crippen LogP contribution in [0.15, 0.2) is 0 Å². The van der Waals surface area contributed by atoms with Crippen molar-refractivity contribution in [2.24, 2.45) is 5.73 Å². The largest absolute Gasteiger partial charge is 0.368 e. The fourth-order valence-electron chi connectivity index (χ4n) is 2.84. The Morgan fingerprint density at radius 3 is 2.21 bits per heavy atom. The Labute approximate surface area is 117 Å². The summed E-state index contributed by atoms with van der Waals surface area (Å²) in [6.07, 6.45) is 3.78. The van der Waals surface area contributed by atoms with Crippen LogP contribution in [0.5, 0.6) is 0 Å². The Hall–Kier alpha value is -0.650. The molecule has 3 N–H and O–H groups in total. The fourth-order valence-corrected chi connectivity index (χ4v) is 2.84. The first-order valence-corrected chi connectivity index (χ1v) is 7.18. The summed E-state index contributed by atoms with van der Waals surface area (Å²) < 4.78 is 0. The Balaban J connectivity index is 2.52. The third-order valence-corrected chi connectivity index (χ3v) is 4.17. The minimum absolute atomic E-state index is 0.261. The second kappa shape index (κ2) is 6.68. The van der Waals surface area contributed by atoms with Crippen molar-refractivity contribution in [3.8, 4) is 0 Å². The molecular weight excluding hydrogens is 240 g/mol. The van der Waals surface area contributed by atoms with Gasteiger partial charge in [-0.2, -0.15) is 0 Å². The van der Waals surface area contributed by atoms with Crippen LogP contribution >= 0.6 is 0 Å². The molecule has 0 radical (unpaired) electrons. The average molecular weight is 270 g/mol. The molecule has 1 aliphatic carbocycles. The van der Waals surface area contributed by atoms with Crippen molar-refractivity contribution < 1.29 is 4.79 Å². The molecular formula is C14H30N4O. The highest BCUT2D eigenvalue weighted by molar-refractivity contribution is 5.80. The van der Waals surface area contributed by atoms with Crippen LogP contribution in [0, 0.1) is 0 Å². The predicted molar refractivity (Wildman–Crippen MR) is 79.0 cm³/mol. The van der Waals surface area contributed by atoms with E-state index in [1.165, 1.54) is 19.3 Å². The molecule has 112 valence electrons. The minimum atomic E-state index is -0.274. The quantitative estimate of drug-likeness (QED) is 0.664. The van der Waals surface area contributed by atoms with E-state index < -0.39 is 0 Å². The number of carbonyl (C=O) groups excluding carboxylic acids is 1. The van der Waals surface area contributed by atoms with Crippen molar-refractivity contribution in [1.29, 1.82) is 0 Å². The summed E-state index contributed by atoms with van der Waals surface area (Å²) in [5, 5.41) is 3.23. The molecule has 0 heterocycles. The van der Waals surface area contributed by atoms with Crippen molar-refractivity contribution in [2.75, 3.05) is 34.2 Å². The van der Waals surface area contributed by atoms with Crippen molar-refractivity contribution in [1.82, 2.24) is 15.1 Å². The summed E-state index contributed by atoms with van der Waals surface area (Å²) in [5.41, 5.74) is 5.75. The first-order chi connectivity index (χ1) is 8.77. The van der Waals surface area contributed by atoms with Gasteiger partial charge in [0.25, 0.3) is 0 Å². The smallest absolute Gasteiger partial charge is 0.235 e. The molecule has 1 rings (SSSR count). The standard InChI is InChI=1S/C14H30N4O/c1-11(2)16-12(13(15)19)9-18(5)10-14(17(3)4)7-6-8-14/h11-12,16H,6-10H2,1-5H3,(H2,15,19). The van der Waals surface area contributed by atoms with E-state index in [0.29, 0.717) is 6.54 Å². The van der Waals surface area contributed by atoms with Gasteiger partial charge in [-0.3, -0.25) is 4.79 Å². The number of amides is 1. The zero-order chi connectivity index (χ0) is 14.6. The summed E-state index contributed by atoms with van der Waals surface area (Å²) in [6, 6.07) is -0.0123. The lowest BCUT2D eigenvalue weighted by atomic mass is 9.75. The van der Waals surface area contributed by atoms with Gasteiger partial charge >= 0.3 is 0 Å². The number of carbonyl (C=O) groups is 1. The van der Waals surface area contributed by atoms with Gasteiger partial charge in [-0.15, -0.1) is 0 Å². The number of nitrogens with one attached hydrogen (secondary N) is 1. The molecule has 0 aromatic rings. The van der Waals surface area contributed by atoms with Crippen molar-refractivity contribution in [3.05, 3.63) is 0 Å². The molecule has 5 nitrogen and oxygen atoms in total. The predicted octanol–water partition coefficient (Wildman–Crippen LogP) is 0.254. The zero-order valence-corrected chi connectivity index (χ0v) is 13.1. The summed E-state index contributed by atoms with van der Waals surface area (Å²) in [7, 11) is 6.36. The Bertz CT molecular complexity index is 300. The maximum atomic E-state index is 11.5. The third-order valence-electron chi connectivity index (χ3n) is 4.17. The highest BCUT2D eigenvalue weighted by Gasteiger charge is 2.40. The van der Waals surface area contributed by atoms with Gasteiger partial charge in [-0.25, -0.2) is 0 Å². The number of likely N-dealkylation sites (N-methyl/N-ethyl adjacent to an activating group) is 2. The molecule has 1 saturated carbocycles. The molecule has 1 unspecified atom stereocenters. The van der Waals surface area contributed by atoms with Crippen molar-refractivity contribution >= 4 is 5.91 Å². The summed E-state index contributed by atoms with van der Waals surface area (Å²) in [4.78, 5) is 16.0. The van der Waals surface area contributed by atoms with Crippen LogP contribution < -0.4 is 11.1 Å². The van der Waals surface area contributed by atoms with E-state index in [-0.39, 0.29) is 23.5 Å². The molecule has 0 aromatic heterocycles. The van der Waals surface area contributed by atoms with E-state index in [1.807, 2.05) is 13.8 Å². The summed E-state index contributed by atoms with van der Waals surface area (Å²) in [6.45, 7) is 5.72. The normalized spacial score (nSPS) is 19.8. The Kier molecular flexibility index (Phi) is 5.77. The zero-order valence-electron chi connectivity index (χ0n) is 13.1. The topological polar surface area (TPSA) is 61.6 Å². The minimum Gasteiger partial charge on any atom is -0.368 e. The molecule has 0 saturated heterocycles. The van der Waals surface area contributed by atoms with E-state index in [1.54, 1.807) is 0 Å². The maximum Gasteiger partial charge on any atom is 0.235 e. The number of nitrogens with zero attached hydrogens (tertiary/aromatic N) is 2. The van der Waals surface area contributed by atoms with Crippen LogP contribution in [0.25, 0.3) is 0 Å². The van der Waals surface area contributed by atoms with E-state index >= 15 is 0 Å². The van der Waals surface area contributed by atoms with Crippen LogP contribution in [-0.2, 0) is 4.79 Å². The van der Waals surface area contributed by atoms with Gasteiger partial charge in [0.2, 0.25) is 5.91 Å². The monoisotopic (exact) mass is 270 g/mol. The highest BCUT2D eigenvalue weighted by atomic mass is 16.1. The maximum absolute atomic E-state index is 11.5. The van der Waals surface area contributed by atoms with Crippen LogP contribution in [0.4, 0.5) is 0 Å². The highest BCUT2D eigenvalue weighted by Crippen LogP contribution is 2.36. The van der Waals surface area contributed by atoms with Crippen LogP contribution in [0.1, 0.15) is 33.1 Å². The van der Waals surface area contributed by atoms with Gasteiger partial charge in [0.1, 0.15) is 0 Å². The number of primary amides is 1. The van der Waals surface area contributed by atoms with Gasteiger partial charge in [0.05, 0.1) is 6.04 Å². The number of hydrogen-bond acceptors (Lipinski definition) is 4. The second-order valence-corrected chi connectivity index (χ2v) is 6.45. The molecule has 1 amide bonds. The van der Waals surface area contributed by atoms with Crippen LogP contribution in [-0.4, -0.2) is 67.6 Å². The van der Waals surface area contributed by atoms with E-state index in [0.717, 1.165) is 6.54 Å². The fraction of sp³-hybridized carbons (Fsp3) is 0.929. The van der Waals surface area contributed by atoms with E-state index in [9.17, 15) is 4.79 Å². The molecule has 1 aliphatic rings. The van der Waals surface area contributed by atoms with E-state index in [4.69, 9.17) is 5.73 Å². The molecule has 19 heavy (non-hydrogen) atoms. The molecule has 0 bridgehead atoms. The lowest BCUT2D eigenvalue weighted by molar-refractivity contribution is -0.120. The lowest BCUT2D eigenvalue weighted by Gasteiger charge is -2.49. The van der Waals surface area contributed by atoms with E-state index in [2.05, 4.69) is 36.3 Å². The SMILES string of the molecule is CC(C)NC(CN(C)CC1(N(C)C)CCC1)C(N)=O. The van der Waals surface area contributed by atoms with Crippen LogP contribution in [0.3, 0.4) is 0 Å². The van der Waals surface area contributed by atoms with Crippen LogP contribution in [0.2, 0.25) is 0 Å². The van der Waals surface area contributed by atoms with Gasteiger partial charge in [0, 0.05) is 24.7 Å². The van der Waals surface area contributed by atoms with Crippen molar-refractivity contribution in [2.45, 2.75) is 50.7 Å². The van der Waals surface area contributed by atoms with Gasteiger partial charge < -0.3 is 20.9 Å². The molecule has 1 fully saturated rings. The first-order valence-electron chi connectivity index (χ1n) is 7.18. The number of hydrogen-bond donors (Lipinski definition) is 2. The molecule has 5 heteroatoms. The molecule has 0 aromatic carbocycles. The Morgan fingerprint density at radius 2 is 1.89 bits per heavy atom. The number of nitrogens with two attached hydrogens (primary N) is 1. The lowest BCUT2D eigenvalue weighted by Crippen LogP contribution is -2.59. The third kappa shape index (κ3) is 4.44. The average Bonchev–Trinajstić information content (AvgIpc) is 2.21. The van der Waals surface area contributed by atoms with Gasteiger partial charge in [-0.1, -0.05) is 13.8 Å². The van der Waals surface area contributed by atoms with Crippen molar-refractivity contribution in [3.63, 3.8) is 0 Å². The molecule has 0 aliphatic heterocycles.